The lowest BCUT2D eigenvalue weighted by molar-refractivity contribution is 0.402. The van der Waals surface area contributed by atoms with Crippen LogP contribution in [-0.4, -0.2) is 23.3 Å². The van der Waals surface area contributed by atoms with E-state index in [1.807, 2.05) is 6.07 Å². The first-order valence-corrected chi connectivity index (χ1v) is 4.50. The molecule has 3 N–H and O–H groups in total. The highest BCUT2D eigenvalue weighted by atomic mass is 79.9. The molecule has 4 heteroatoms. The Hall–Kier alpha value is -0.740. The maximum atomic E-state index is 9.29. The van der Waals surface area contributed by atoms with Gasteiger partial charge in [-0.2, -0.15) is 0 Å². The third kappa shape index (κ3) is 2.19. The van der Waals surface area contributed by atoms with Crippen LogP contribution in [0.5, 0.6) is 11.5 Å². The monoisotopic (exact) mass is 259 g/mol. The fraction of sp³-hybridized carbons (Fsp3) is 0.400. The standard InChI is InChI=1S/C10H13NO2.BrH/c12-9-2-1-7(5-10(9)13)8-3-4-11-6-8;/h1-2,5,8,11-13H,3-4,6H2;1H. The number of nitrogens with one attached hydrogen (secondary N) is 1. The van der Waals surface area contributed by atoms with Crippen LogP contribution in [-0.2, 0) is 0 Å². The molecule has 1 heterocycles. The molecule has 1 fully saturated rings. The lowest BCUT2D eigenvalue weighted by Gasteiger charge is -2.09. The van der Waals surface area contributed by atoms with Crippen molar-refractivity contribution in [2.45, 2.75) is 12.3 Å². The predicted molar refractivity (Wildman–Crippen MR) is 60.3 cm³/mol. The summed E-state index contributed by atoms with van der Waals surface area (Å²) in [5.41, 5.74) is 1.10. The molecule has 2 rings (SSSR count). The maximum Gasteiger partial charge on any atom is 0.157 e. The van der Waals surface area contributed by atoms with Crippen molar-refractivity contribution in [3.05, 3.63) is 23.8 Å². The molecule has 0 radical (unpaired) electrons. The van der Waals surface area contributed by atoms with Gasteiger partial charge in [0.25, 0.3) is 0 Å². The van der Waals surface area contributed by atoms with Crippen LogP contribution in [0.2, 0.25) is 0 Å². The molecule has 1 aliphatic rings. The van der Waals surface area contributed by atoms with Gasteiger partial charge in [-0.05, 0) is 36.6 Å². The second-order valence-electron chi connectivity index (χ2n) is 3.44. The van der Waals surface area contributed by atoms with Gasteiger partial charge in [0, 0.05) is 6.54 Å². The zero-order valence-corrected chi connectivity index (χ0v) is 9.45. The molecule has 1 aromatic carbocycles. The first-order valence-electron chi connectivity index (χ1n) is 4.50. The number of rotatable bonds is 1. The average molecular weight is 260 g/mol. The molecule has 1 unspecified atom stereocenters. The number of halogens is 1. The van der Waals surface area contributed by atoms with Gasteiger partial charge in [-0.25, -0.2) is 0 Å². The SMILES string of the molecule is Br.Oc1ccc(C2CCNC2)cc1O. The summed E-state index contributed by atoms with van der Waals surface area (Å²) in [6.45, 7) is 2.00. The van der Waals surface area contributed by atoms with Gasteiger partial charge in [0.05, 0.1) is 0 Å². The van der Waals surface area contributed by atoms with Gasteiger partial charge < -0.3 is 15.5 Å². The van der Waals surface area contributed by atoms with E-state index < -0.39 is 0 Å². The van der Waals surface area contributed by atoms with Gasteiger partial charge in [0.15, 0.2) is 11.5 Å². The molecule has 0 saturated carbocycles. The van der Waals surface area contributed by atoms with Crippen molar-refractivity contribution < 1.29 is 10.2 Å². The van der Waals surface area contributed by atoms with Gasteiger partial charge in [-0.1, -0.05) is 6.07 Å². The van der Waals surface area contributed by atoms with Crippen LogP contribution in [0.1, 0.15) is 17.9 Å². The van der Waals surface area contributed by atoms with Gasteiger partial charge in [0.2, 0.25) is 0 Å². The molecule has 0 amide bonds. The second-order valence-corrected chi connectivity index (χ2v) is 3.44. The van der Waals surface area contributed by atoms with Crippen molar-refractivity contribution in [1.29, 1.82) is 0 Å². The van der Waals surface area contributed by atoms with E-state index in [-0.39, 0.29) is 28.5 Å². The van der Waals surface area contributed by atoms with E-state index in [4.69, 9.17) is 5.11 Å². The molecule has 1 aliphatic heterocycles. The van der Waals surface area contributed by atoms with Crippen LogP contribution in [0.25, 0.3) is 0 Å². The first-order chi connectivity index (χ1) is 6.27. The number of phenolic OH excluding ortho intramolecular Hbond substituents is 2. The van der Waals surface area contributed by atoms with Crippen LogP contribution in [0.3, 0.4) is 0 Å². The summed E-state index contributed by atoms with van der Waals surface area (Å²) >= 11 is 0. The zero-order chi connectivity index (χ0) is 9.26. The molecule has 0 aliphatic carbocycles. The predicted octanol–water partition coefficient (Wildman–Crippen LogP) is 1.75. The van der Waals surface area contributed by atoms with Gasteiger partial charge in [-0.3, -0.25) is 0 Å². The summed E-state index contributed by atoms with van der Waals surface area (Å²) in [6.07, 6.45) is 1.10. The fourth-order valence-electron chi connectivity index (χ4n) is 1.73. The summed E-state index contributed by atoms with van der Waals surface area (Å²) in [6, 6.07) is 5.06. The summed E-state index contributed by atoms with van der Waals surface area (Å²) in [4.78, 5) is 0. The van der Waals surface area contributed by atoms with Crippen molar-refractivity contribution in [2.75, 3.05) is 13.1 Å². The highest BCUT2D eigenvalue weighted by Crippen LogP contribution is 2.30. The number of phenols is 2. The van der Waals surface area contributed by atoms with E-state index in [9.17, 15) is 5.11 Å². The van der Waals surface area contributed by atoms with Gasteiger partial charge in [-0.15, -0.1) is 17.0 Å². The van der Waals surface area contributed by atoms with Crippen LogP contribution in [0.15, 0.2) is 18.2 Å². The quantitative estimate of drug-likeness (QED) is 0.674. The number of hydrogen-bond donors (Lipinski definition) is 3. The van der Waals surface area contributed by atoms with Crippen LogP contribution in [0.4, 0.5) is 0 Å². The third-order valence-electron chi connectivity index (χ3n) is 2.53. The number of benzene rings is 1. The molecule has 1 aromatic rings. The molecule has 0 aromatic heterocycles. The van der Waals surface area contributed by atoms with Gasteiger partial charge in [0.1, 0.15) is 0 Å². The fourth-order valence-corrected chi connectivity index (χ4v) is 1.73. The van der Waals surface area contributed by atoms with E-state index in [1.54, 1.807) is 12.1 Å². The van der Waals surface area contributed by atoms with E-state index in [1.165, 1.54) is 0 Å². The van der Waals surface area contributed by atoms with E-state index in [2.05, 4.69) is 5.32 Å². The Kier molecular flexibility index (Phi) is 3.77. The average Bonchev–Trinajstić information content (AvgIpc) is 2.62. The van der Waals surface area contributed by atoms with Gasteiger partial charge >= 0.3 is 0 Å². The highest BCUT2D eigenvalue weighted by molar-refractivity contribution is 8.93. The molecule has 0 spiro atoms. The minimum absolute atomic E-state index is 0. The van der Waals surface area contributed by atoms with Crippen molar-refractivity contribution in [3.63, 3.8) is 0 Å². The third-order valence-corrected chi connectivity index (χ3v) is 2.53. The molecule has 78 valence electrons. The van der Waals surface area contributed by atoms with Crippen molar-refractivity contribution >= 4 is 17.0 Å². The molecule has 3 nitrogen and oxygen atoms in total. The molecule has 14 heavy (non-hydrogen) atoms. The Balaban J connectivity index is 0.000000980. The molecule has 1 saturated heterocycles. The van der Waals surface area contributed by atoms with E-state index in [0.717, 1.165) is 25.1 Å². The summed E-state index contributed by atoms with van der Waals surface area (Å²) in [5.74, 6) is 0.408. The Labute approximate surface area is 93.5 Å². The Morgan fingerprint density at radius 1 is 1.21 bits per heavy atom. The largest absolute Gasteiger partial charge is 0.504 e. The topological polar surface area (TPSA) is 52.5 Å². The van der Waals surface area contributed by atoms with Crippen molar-refractivity contribution in [3.8, 4) is 11.5 Å². The molecule has 0 bridgehead atoms. The first kappa shape index (κ1) is 11.3. The second kappa shape index (κ2) is 4.66. The van der Waals surface area contributed by atoms with Crippen LogP contribution >= 0.6 is 17.0 Å². The zero-order valence-electron chi connectivity index (χ0n) is 7.73. The van der Waals surface area contributed by atoms with Crippen molar-refractivity contribution in [1.82, 2.24) is 5.32 Å². The lowest BCUT2D eigenvalue weighted by atomic mass is 9.98. The van der Waals surface area contributed by atoms with Crippen molar-refractivity contribution in [2.24, 2.45) is 0 Å². The Morgan fingerprint density at radius 3 is 2.57 bits per heavy atom. The minimum atomic E-state index is -0.0466. The van der Waals surface area contributed by atoms with E-state index in [0.29, 0.717) is 5.92 Å². The normalized spacial score (nSPS) is 20.4. The Bertz CT molecular complexity index is 311. The summed E-state index contributed by atoms with van der Waals surface area (Å²) in [5, 5.41) is 21.7. The summed E-state index contributed by atoms with van der Waals surface area (Å²) in [7, 11) is 0. The highest BCUT2D eigenvalue weighted by Gasteiger charge is 2.17. The van der Waals surface area contributed by atoms with Crippen LogP contribution in [0, 0.1) is 0 Å². The lowest BCUT2D eigenvalue weighted by Crippen LogP contribution is -2.07. The number of aromatic hydroxyl groups is 2. The maximum absolute atomic E-state index is 9.29. The van der Waals surface area contributed by atoms with E-state index >= 15 is 0 Å². The molecule has 1 atom stereocenters. The smallest absolute Gasteiger partial charge is 0.157 e. The Morgan fingerprint density at radius 2 is 2.00 bits per heavy atom. The summed E-state index contributed by atoms with van der Waals surface area (Å²) < 4.78 is 0. The van der Waals surface area contributed by atoms with Crippen LogP contribution < -0.4 is 5.32 Å². The number of hydrogen-bond acceptors (Lipinski definition) is 3. The molecular formula is C10H14BrNO2. The molecular weight excluding hydrogens is 246 g/mol. The minimum Gasteiger partial charge on any atom is -0.504 e.